The Balaban J connectivity index is 2.10. The van der Waals surface area contributed by atoms with Crippen LogP contribution in [0, 0.1) is 5.41 Å². The highest BCUT2D eigenvalue weighted by Gasteiger charge is 2.32. The first-order valence-corrected chi connectivity index (χ1v) is 9.10. The van der Waals surface area contributed by atoms with Crippen molar-refractivity contribution in [3.8, 4) is 0 Å². The van der Waals surface area contributed by atoms with E-state index < -0.39 is 23.1 Å². The second-order valence-electron chi connectivity index (χ2n) is 7.63. The number of benzene rings is 1. The van der Waals surface area contributed by atoms with Gasteiger partial charge in [0.05, 0.1) is 30.2 Å². The normalized spacial score (nSPS) is 15.3. The fourth-order valence-corrected chi connectivity index (χ4v) is 2.66. The van der Waals surface area contributed by atoms with E-state index in [0.29, 0.717) is 32.0 Å². The second-order valence-corrected chi connectivity index (χ2v) is 7.63. The molecule has 2 rings (SSSR count). The minimum Gasteiger partial charge on any atom is -0.378 e. The van der Waals surface area contributed by atoms with Crippen LogP contribution in [0.2, 0.25) is 0 Å². The largest absolute Gasteiger partial charge is 0.416 e. The van der Waals surface area contributed by atoms with Crippen molar-refractivity contribution in [2.75, 3.05) is 43.1 Å². The summed E-state index contributed by atoms with van der Waals surface area (Å²) in [5.41, 5.74) is -0.797. The van der Waals surface area contributed by atoms with Gasteiger partial charge in [0, 0.05) is 31.5 Å². The average Bonchev–Trinajstić information content (AvgIpc) is 2.60. The van der Waals surface area contributed by atoms with Gasteiger partial charge in [0.2, 0.25) is 11.8 Å². The molecule has 2 N–H and O–H groups in total. The number of morpholine rings is 1. The molecule has 0 spiro atoms. The summed E-state index contributed by atoms with van der Waals surface area (Å²) in [6.45, 7) is 7.33. The lowest BCUT2D eigenvalue weighted by Gasteiger charge is -2.31. The van der Waals surface area contributed by atoms with Gasteiger partial charge in [-0.3, -0.25) is 9.59 Å². The third-order valence-electron chi connectivity index (χ3n) is 4.27. The molecule has 1 saturated heterocycles. The maximum atomic E-state index is 13.1. The van der Waals surface area contributed by atoms with Crippen LogP contribution < -0.4 is 15.5 Å². The van der Waals surface area contributed by atoms with E-state index in [0.717, 1.165) is 12.1 Å². The standard InChI is InChI=1S/C19H26F3N3O3/c1-18(2,3)17(27)23-7-6-16(26)24-14-12-13(19(20,21)22)4-5-15(14)25-8-10-28-11-9-25/h4-5,12H,6-11H2,1-3H3,(H,23,27)(H,24,26). The van der Waals surface area contributed by atoms with Crippen LogP contribution in [0.1, 0.15) is 32.8 Å². The number of anilines is 2. The van der Waals surface area contributed by atoms with Crippen LogP contribution in [0.25, 0.3) is 0 Å². The van der Waals surface area contributed by atoms with E-state index in [1.165, 1.54) is 6.07 Å². The molecule has 0 atom stereocenters. The molecule has 0 radical (unpaired) electrons. The summed E-state index contributed by atoms with van der Waals surface area (Å²) in [5.74, 6) is -0.670. The van der Waals surface area contributed by atoms with Crippen molar-refractivity contribution in [3.05, 3.63) is 23.8 Å². The van der Waals surface area contributed by atoms with Gasteiger partial charge >= 0.3 is 6.18 Å². The van der Waals surface area contributed by atoms with Crippen molar-refractivity contribution < 1.29 is 27.5 Å². The van der Waals surface area contributed by atoms with Gasteiger partial charge in [0.1, 0.15) is 0 Å². The van der Waals surface area contributed by atoms with Crippen LogP contribution in [-0.2, 0) is 20.5 Å². The van der Waals surface area contributed by atoms with Crippen LogP contribution in [0.5, 0.6) is 0 Å². The maximum absolute atomic E-state index is 13.1. The summed E-state index contributed by atoms with van der Waals surface area (Å²) >= 11 is 0. The van der Waals surface area contributed by atoms with Crippen molar-refractivity contribution in [1.82, 2.24) is 5.32 Å². The van der Waals surface area contributed by atoms with Gasteiger partial charge in [-0.15, -0.1) is 0 Å². The monoisotopic (exact) mass is 401 g/mol. The van der Waals surface area contributed by atoms with Crippen LogP contribution in [-0.4, -0.2) is 44.7 Å². The first-order chi connectivity index (χ1) is 13.0. The lowest BCUT2D eigenvalue weighted by Crippen LogP contribution is -2.37. The summed E-state index contributed by atoms with van der Waals surface area (Å²) in [6, 6.07) is 3.31. The minimum atomic E-state index is -4.51. The van der Waals surface area contributed by atoms with Crippen molar-refractivity contribution in [1.29, 1.82) is 0 Å². The van der Waals surface area contributed by atoms with E-state index in [1.807, 2.05) is 4.90 Å². The Morgan fingerprint density at radius 1 is 1.14 bits per heavy atom. The molecule has 2 amide bonds. The lowest BCUT2D eigenvalue weighted by atomic mass is 9.96. The maximum Gasteiger partial charge on any atom is 0.416 e. The number of ether oxygens (including phenoxy) is 1. The fraction of sp³-hybridized carbons (Fsp3) is 0.579. The Labute approximate surface area is 162 Å². The third kappa shape index (κ3) is 6.12. The zero-order valence-electron chi connectivity index (χ0n) is 16.3. The Bertz CT molecular complexity index is 709. The number of halogens is 3. The van der Waals surface area contributed by atoms with Gasteiger partial charge in [0.25, 0.3) is 0 Å². The SMILES string of the molecule is CC(C)(C)C(=O)NCCC(=O)Nc1cc(C(F)(F)F)ccc1N1CCOCC1. The number of alkyl halides is 3. The number of amides is 2. The number of carbonyl (C=O) groups is 2. The number of hydrogen-bond donors (Lipinski definition) is 2. The van der Waals surface area contributed by atoms with Crippen molar-refractivity contribution in [3.63, 3.8) is 0 Å². The van der Waals surface area contributed by atoms with Gasteiger partial charge in [0.15, 0.2) is 0 Å². The Morgan fingerprint density at radius 2 is 1.79 bits per heavy atom. The fourth-order valence-electron chi connectivity index (χ4n) is 2.66. The molecule has 1 aliphatic heterocycles. The highest BCUT2D eigenvalue weighted by atomic mass is 19.4. The van der Waals surface area contributed by atoms with E-state index in [1.54, 1.807) is 20.8 Å². The number of carbonyl (C=O) groups excluding carboxylic acids is 2. The number of hydrogen-bond acceptors (Lipinski definition) is 4. The Kier molecular flexibility index (Phi) is 6.92. The van der Waals surface area contributed by atoms with Gasteiger partial charge in [-0.1, -0.05) is 20.8 Å². The van der Waals surface area contributed by atoms with Crippen LogP contribution >= 0.6 is 0 Å². The second kappa shape index (κ2) is 8.81. The van der Waals surface area contributed by atoms with Gasteiger partial charge in [-0.2, -0.15) is 13.2 Å². The number of nitrogens with one attached hydrogen (secondary N) is 2. The molecule has 6 nitrogen and oxygen atoms in total. The molecule has 28 heavy (non-hydrogen) atoms. The smallest absolute Gasteiger partial charge is 0.378 e. The molecule has 1 aliphatic rings. The molecule has 1 aromatic rings. The molecule has 1 fully saturated rings. The summed E-state index contributed by atoms with van der Waals surface area (Å²) in [7, 11) is 0. The Hall–Kier alpha value is -2.29. The van der Waals surface area contributed by atoms with Gasteiger partial charge in [-0.25, -0.2) is 0 Å². The average molecular weight is 401 g/mol. The molecule has 9 heteroatoms. The molecule has 0 saturated carbocycles. The quantitative estimate of drug-likeness (QED) is 0.796. The predicted molar refractivity (Wildman–Crippen MR) is 100 cm³/mol. The van der Waals surface area contributed by atoms with E-state index in [9.17, 15) is 22.8 Å². The van der Waals surface area contributed by atoms with E-state index in [2.05, 4.69) is 10.6 Å². The first-order valence-electron chi connectivity index (χ1n) is 9.10. The lowest BCUT2D eigenvalue weighted by molar-refractivity contribution is -0.137. The zero-order valence-corrected chi connectivity index (χ0v) is 16.3. The number of nitrogens with zero attached hydrogens (tertiary/aromatic N) is 1. The highest BCUT2D eigenvalue weighted by molar-refractivity contribution is 5.95. The van der Waals surface area contributed by atoms with Crippen LogP contribution in [0.15, 0.2) is 18.2 Å². The van der Waals surface area contributed by atoms with Crippen molar-refractivity contribution in [2.24, 2.45) is 5.41 Å². The highest BCUT2D eigenvalue weighted by Crippen LogP contribution is 2.35. The molecule has 0 aromatic heterocycles. The summed E-state index contributed by atoms with van der Waals surface area (Å²) < 4.78 is 44.5. The van der Waals surface area contributed by atoms with Crippen molar-refractivity contribution >= 4 is 23.2 Å². The predicted octanol–water partition coefficient (Wildman–Crippen LogP) is 3.03. The van der Waals surface area contributed by atoms with Crippen LogP contribution in [0.4, 0.5) is 24.5 Å². The molecular formula is C19H26F3N3O3. The van der Waals surface area contributed by atoms with E-state index in [-0.39, 0.29) is 24.6 Å². The summed E-state index contributed by atoms with van der Waals surface area (Å²) in [6.07, 6.45) is -4.55. The van der Waals surface area contributed by atoms with Crippen LogP contribution in [0.3, 0.4) is 0 Å². The third-order valence-corrected chi connectivity index (χ3v) is 4.27. The summed E-state index contributed by atoms with van der Waals surface area (Å²) in [4.78, 5) is 26.0. The topological polar surface area (TPSA) is 70.7 Å². The molecular weight excluding hydrogens is 375 g/mol. The van der Waals surface area contributed by atoms with Gasteiger partial charge in [-0.05, 0) is 18.2 Å². The number of rotatable bonds is 5. The molecule has 1 heterocycles. The zero-order chi connectivity index (χ0) is 20.9. The Morgan fingerprint density at radius 3 is 2.36 bits per heavy atom. The van der Waals surface area contributed by atoms with E-state index in [4.69, 9.17) is 4.74 Å². The van der Waals surface area contributed by atoms with E-state index >= 15 is 0 Å². The van der Waals surface area contributed by atoms with Crippen molar-refractivity contribution in [2.45, 2.75) is 33.4 Å². The first kappa shape index (κ1) is 22.0. The van der Waals surface area contributed by atoms with Gasteiger partial charge < -0.3 is 20.3 Å². The molecule has 156 valence electrons. The minimum absolute atomic E-state index is 0.0411. The molecule has 1 aromatic carbocycles. The molecule has 0 bridgehead atoms. The molecule has 0 aliphatic carbocycles. The summed E-state index contributed by atoms with van der Waals surface area (Å²) in [5, 5.41) is 5.21. The molecule has 0 unspecified atom stereocenters.